The number of aromatic amines is 1. The molecule has 0 fully saturated rings. The van der Waals surface area contributed by atoms with E-state index in [-0.39, 0.29) is 5.91 Å². The summed E-state index contributed by atoms with van der Waals surface area (Å²) in [5.41, 5.74) is 5.21. The van der Waals surface area contributed by atoms with Crippen LogP contribution in [0.1, 0.15) is 18.1 Å². The van der Waals surface area contributed by atoms with E-state index in [2.05, 4.69) is 39.7 Å². The molecular formula is C23H22N4O. The molecule has 0 unspecified atom stereocenters. The lowest BCUT2D eigenvalue weighted by atomic mass is 10.1. The molecule has 4 aromatic rings. The van der Waals surface area contributed by atoms with Gasteiger partial charge >= 0.3 is 0 Å². The zero-order valence-electron chi connectivity index (χ0n) is 15.7. The molecule has 140 valence electrons. The van der Waals surface area contributed by atoms with Crippen LogP contribution in [0, 0.1) is 0 Å². The number of rotatable bonds is 6. The van der Waals surface area contributed by atoms with Crippen LogP contribution in [-0.2, 0) is 17.6 Å². The Morgan fingerprint density at radius 3 is 2.64 bits per heavy atom. The van der Waals surface area contributed by atoms with Crippen LogP contribution in [0.4, 0.5) is 17.2 Å². The first-order valence-electron chi connectivity index (χ1n) is 9.39. The van der Waals surface area contributed by atoms with Crippen molar-refractivity contribution < 1.29 is 4.79 Å². The maximum absolute atomic E-state index is 12.4. The van der Waals surface area contributed by atoms with E-state index >= 15 is 0 Å². The number of hydrogen-bond donors (Lipinski definition) is 3. The molecule has 5 heteroatoms. The van der Waals surface area contributed by atoms with Crippen molar-refractivity contribution in [2.45, 2.75) is 19.8 Å². The van der Waals surface area contributed by atoms with Crippen molar-refractivity contribution in [3.8, 4) is 0 Å². The number of nitrogens with one attached hydrogen (secondary N) is 3. The summed E-state index contributed by atoms with van der Waals surface area (Å²) in [5, 5.41) is 7.32. The van der Waals surface area contributed by atoms with Gasteiger partial charge in [-0.15, -0.1) is 0 Å². The minimum atomic E-state index is -0.0886. The maximum atomic E-state index is 12.4. The van der Waals surface area contributed by atoms with Crippen LogP contribution < -0.4 is 10.6 Å². The molecule has 2 aromatic heterocycles. The van der Waals surface area contributed by atoms with Gasteiger partial charge in [0, 0.05) is 22.8 Å². The Kier molecular flexibility index (Phi) is 5.06. The lowest BCUT2D eigenvalue weighted by Crippen LogP contribution is -2.15. The van der Waals surface area contributed by atoms with E-state index in [1.54, 1.807) is 6.20 Å². The molecule has 0 saturated carbocycles. The van der Waals surface area contributed by atoms with E-state index in [9.17, 15) is 4.79 Å². The molecule has 2 heterocycles. The molecular weight excluding hydrogens is 348 g/mol. The van der Waals surface area contributed by atoms with Crippen molar-refractivity contribution in [1.29, 1.82) is 0 Å². The molecule has 2 aromatic carbocycles. The van der Waals surface area contributed by atoms with Crippen molar-refractivity contribution in [3.63, 3.8) is 0 Å². The second-order valence-corrected chi connectivity index (χ2v) is 6.65. The SMILES string of the molecule is CCc1ccccc1Nc1ccc(NC(=O)Cc2c[nH]c3ccccc23)nc1. The third-order valence-electron chi connectivity index (χ3n) is 4.73. The van der Waals surface area contributed by atoms with Gasteiger partial charge in [-0.25, -0.2) is 4.98 Å². The Bertz CT molecular complexity index is 1100. The van der Waals surface area contributed by atoms with E-state index in [1.165, 1.54) is 5.56 Å². The van der Waals surface area contributed by atoms with Crippen LogP contribution in [0.15, 0.2) is 73.1 Å². The zero-order valence-corrected chi connectivity index (χ0v) is 15.7. The molecule has 0 spiro atoms. The van der Waals surface area contributed by atoms with Crippen molar-refractivity contribution >= 4 is 34.0 Å². The van der Waals surface area contributed by atoms with Crippen LogP contribution in [0.3, 0.4) is 0 Å². The summed E-state index contributed by atoms with van der Waals surface area (Å²) >= 11 is 0. The number of hydrogen-bond acceptors (Lipinski definition) is 3. The Balaban J connectivity index is 1.41. The molecule has 3 N–H and O–H groups in total. The summed E-state index contributed by atoms with van der Waals surface area (Å²) in [4.78, 5) is 20.0. The lowest BCUT2D eigenvalue weighted by molar-refractivity contribution is -0.115. The number of anilines is 3. The van der Waals surface area contributed by atoms with Crippen LogP contribution in [0.5, 0.6) is 0 Å². The first kappa shape index (κ1) is 17.8. The van der Waals surface area contributed by atoms with Crippen LogP contribution in [0.25, 0.3) is 10.9 Å². The highest BCUT2D eigenvalue weighted by atomic mass is 16.1. The smallest absolute Gasteiger partial charge is 0.230 e. The fourth-order valence-corrected chi connectivity index (χ4v) is 3.29. The lowest BCUT2D eigenvalue weighted by Gasteiger charge is -2.11. The fraction of sp³-hybridized carbons (Fsp3) is 0.130. The number of fused-ring (bicyclic) bond motifs is 1. The van der Waals surface area contributed by atoms with Crippen LogP contribution in [0.2, 0.25) is 0 Å². The first-order valence-corrected chi connectivity index (χ1v) is 9.39. The predicted molar refractivity (Wildman–Crippen MR) is 114 cm³/mol. The van der Waals surface area contributed by atoms with E-state index in [1.807, 2.05) is 54.7 Å². The minimum absolute atomic E-state index is 0.0886. The van der Waals surface area contributed by atoms with Crippen molar-refractivity contribution in [3.05, 3.63) is 84.2 Å². The molecule has 0 bridgehead atoms. The van der Waals surface area contributed by atoms with Gasteiger partial charge < -0.3 is 15.6 Å². The molecule has 1 amide bonds. The Labute approximate surface area is 163 Å². The standard InChI is InChI=1S/C23H22N4O/c1-2-16-7-3-5-9-20(16)26-18-11-12-22(25-15-18)27-23(28)13-17-14-24-21-10-6-4-8-19(17)21/h3-12,14-15,24,26H,2,13H2,1H3,(H,25,27,28). The summed E-state index contributed by atoms with van der Waals surface area (Å²) in [5.74, 6) is 0.452. The highest BCUT2D eigenvalue weighted by Gasteiger charge is 2.09. The average molecular weight is 370 g/mol. The normalized spacial score (nSPS) is 10.8. The van der Waals surface area contributed by atoms with Crippen LogP contribution >= 0.6 is 0 Å². The molecule has 0 aliphatic rings. The topological polar surface area (TPSA) is 69.8 Å². The van der Waals surface area contributed by atoms with E-state index < -0.39 is 0 Å². The molecule has 28 heavy (non-hydrogen) atoms. The molecule has 0 atom stereocenters. The summed E-state index contributed by atoms with van der Waals surface area (Å²) in [6.45, 7) is 2.13. The minimum Gasteiger partial charge on any atom is -0.361 e. The van der Waals surface area contributed by atoms with Gasteiger partial charge in [-0.1, -0.05) is 43.3 Å². The van der Waals surface area contributed by atoms with E-state index in [0.29, 0.717) is 12.2 Å². The number of amides is 1. The Morgan fingerprint density at radius 2 is 1.82 bits per heavy atom. The monoisotopic (exact) mass is 370 g/mol. The molecule has 4 rings (SSSR count). The second kappa shape index (κ2) is 7.96. The van der Waals surface area contributed by atoms with Crippen LogP contribution in [-0.4, -0.2) is 15.9 Å². The number of carbonyl (C=O) groups is 1. The van der Waals surface area contributed by atoms with E-state index in [0.717, 1.165) is 34.3 Å². The van der Waals surface area contributed by atoms with Gasteiger partial charge in [0.25, 0.3) is 0 Å². The summed E-state index contributed by atoms with van der Waals surface area (Å²) in [6.07, 6.45) is 4.87. The number of H-pyrrole nitrogens is 1. The highest BCUT2D eigenvalue weighted by Crippen LogP contribution is 2.22. The third kappa shape index (κ3) is 3.88. The summed E-state index contributed by atoms with van der Waals surface area (Å²) in [6, 6.07) is 19.9. The Morgan fingerprint density at radius 1 is 1.00 bits per heavy atom. The number of aryl methyl sites for hydroxylation is 1. The van der Waals surface area contributed by atoms with Crippen molar-refractivity contribution in [2.24, 2.45) is 0 Å². The fourth-order valence-electron chi connectivity index (χ4n) is 3.29. The van der Waals surface area contributed by atoms with Gasteiger partial charge in [0.1, 0.15) is 5.82 Å². The number of pyridine rings is 1. The number of nitrogens with zero attached hydrogens (tertiary/aromatic N) is 1. The predicted octanol–water partition coefficient (Wildman–Crippen LogP) is 5.05. The molecule has 0 saturated heterocycles. The quantitative estimate of drug-likeness (QED) is 0.445. The highest BCUT2D eigenvalue weighted by molar-refractivity contribution is 5.95. The molecule has 0 aliphatic heterocycles. The summed E-state index contributed by atoms with van der Waals surface area (Å²) < 4.78 is 0. The van der Waals surface area contributed by atoms with Crippen molar-refractivity contribution in [1.82, 2.24) is 9.97 Å². The summed E-state index contributed by atoms with van der Waals surface area (Å²) in [7, 11) is 0. The first-order chi connectivity index (χ1) is 13.7. The number of aromatic nitrogens is 2. The molecule has 5 nitrogen and oxygen atoms in total. The van der Waals surface area contributed by atoms with E-state index in [4.69, 9.17) is 0 Å². The molecule has 0 aliphatic carbocycles. The van der Waals surface area contributed by atoms with Gasteiger partial charge in [0.05, 0.1) is 18.3 Å². The maximum Gasteiger partial charge on any atom is 0.230 e. The van der Waals surface area contributed by atoms with Gasteiger partial charge in [-0.2, -0.15) is 0 Å². The van der Waals surface area contributed by atoms with Gasteiger partial charge in [0.15, 0.2) is 0 Å². The second-order valence-electron chi connectivity index (χ2n) is 6.65. The van der Waals surface area contributed by atoms with Gasteiger partial charge in [0.2, 0.25) is 5.91 Å². The Hall–Kier alpha value is -3.60. The van der Waals surface area contributed by atoms with Gasteiger partial charge in [-0.3, -0.25) is 4.79 Å². The number of carbonyl (C=O) groups excluding carboxylic acids is 1. The van der Waals surface area contributed by atoms with Crippen molar-refractivity contribution in [2.75, 3.05) is 10.6 Å². The largest absolute Gasteiger partial charge is 0.361 e. The number of para-hydroxylation sites is 2. The zero-order chi connectivity index (χ0) is 19.3. The molecule has 0 radical (unpaired) electrons. The number of benzene rings is 2. The average Bonchev–Trinajstić information content (AvgIpc) is 3.13. The van der Waals surface area contributed by atoms with Gasteiger partial charge in [-0.05, 0) is 41.8 Å². The third-order valence-corrected chi connectivity index (χ3v) is 4.73.